The zero-order valence-electron chi connectivity index (χ0n) is 30.6. The van der Waals surface area contributed by atoms with Crippen LogP contribution in [0, 0.1) is 29.1 Å². The van der Waals surface area contributed by atoms with Crippen molar-refractivity contribution in [2.75, 3.05) is 38.9 Å². The van der Waals surface area contributed by atoms with Crippen LogP contribution >= 0.6 is 0 Å². The summed E-state index contributed by atoms with van der Waals surface area (Å²) in [4.78, 5) is 53.7. The highest BCUT2D eigenvalue weighted by Crippen LogP contribution is 2.39. The summed E-state index contributed by atoms with van der Waals surface area (Å²) in [5, 5.41) is 14.7. The molecule has 5 atom stereocenters. The van der Waals surface area contributed by atoms with E-state index in [0.717, 1.165) is 38.5 Å². The van der Waals surface area contributed by atoms with Crippen molar-refractivity contribution in [1.29, 1.82) is 0 Å². The SMILES string of the molecule is CCCCOCNC(=O)C(C)CC(CC(C)(CC(CC)C(=O)NC(C)(C)CS(=O)(=O)O)C(=O)OCCO)C(=O)OCC(CC)CCCC. The van der Waals surface area contributed by atoms with Crippen molar-refractivity contribution in [3.8, 4) is 0 Å². The van der Waals surface area contributed by atoms with E-state index in [1.54, 1.807) is 20.8 Å². The normalized spacial score (nSPS) is 15.8. The minimum atomic E-state index is -4.40. The van der Waals surface area contributed by atoms with Crippen LogP contribution in [-0.2, 0) is 43.5 Å². The maximum Gasteiger partial charge on any atom is 0.311 e. The van der Waals surface area contributed by atoms with Crippen LogP contribution in [0.15, 0.2) is 0 Å². The summed E-state index contributed by atoms with van der Waals surface area (Å²) < 4.78 is 49.0. The molecule has 0 bridgehead atoms. The largest absolute Gasteiger partial charge is 0.465 e. The molecule has 0 fully saturated rings. The Hall–Kier alpha value is -2.29. The lowest BCUT2D eigenvalue weighted by Gasteiger charge is -2.35. The summed E-state index contributed by atoms with van der Waals surface area (Å²) in [5.41, 5.74) is -2.75. The van der Waals surface area contributed by atoms with Gasteiger partial charge in [0.25, 0.3) is 10.1 Å². The molecule has 14 heteroatoms. The molecule has 4 N–H and O–H groups in total. The number of nitrogens with one attached hydrogen (secondary N) is 2. The van der Waals surface area contributed by atoms with Gasteiger partial charge in [-0.3, -0.25) is 23.7 Å². The smallest absolute Gasteiger partial charge is 0.311 e. The highest BCUT2D eigenvalue weighted by molar-refractivity contribution is 7.85. The van der Waals surface area contributed by atoms with Crippen LogP contribution < -0.4 is 10.6 Å². The number of aliphatic hydroxyl groups excluding tert-OH is 1. The van der Waals surface area contributed by atoms with Crippen molar-refractivity contribution >= 4 is 33.9 Å². The van der Waals surface area contributed by atoms with Gasteiger partial charge in [-0.05, 0) is 65.2 Å². The fourth-order valence-electron chi connectivity index (χ4n) is 5.63. The molecular formula is C34H64N2O11S. The zero-order valence-corrected chi connectivity index (χ0v) is 31.4. The van der Waals surface area contributed by atoms with Gasteiger partial charge in [0, 0.05) is 18.4 Å². The number of carbonyl (C=O) groups excluding carboxylic acids is 4. The average Bonchev–Trinajstić information content (AvgIpc) is 3.00. The van der Waals surface area contributed by atoms with E-state index < -0.39 is 69.0 Å². The highest BCUT2D eigenvalue weighted by atomic mass is 32.2. The molecule has 0 aromatic heterocycles. The molecule has 0 radical (unpaired) electrons. The number of rotatable bonds is 27. The van der Waals surface area contributed by atoms with E-state index in [4.69, 9.17) is 14.2 Å². The second kappa shape index (κ2) is 23.2. The Balaban J connectivity index is 6.33. The number of ether oxygens (including phenoxy) is 3. The van der Waals surface area contributed by atoms with E-state index in [0.29, 0.717) is 6.61 Å². The van der Waals surface area contributed by atoms with Crippen molar-refractivity contribution in [2.45, 2.75) is 125 Å². The van der Waals surface area contributed by atoms with Crippen LogP contribution in [0.25, 0.3) is 0 Å². The van der Waals surface area contributed by atoms with Gasteiger partial charge in [-0.2, -0.15) is 8.42 Å². The van der Waals surface area contributed by atoms with Crippen LogP contribution in [0.5, 0.6) is 0 Å². The third-order valence-electron chi connectivity index (χ3n) is 8.49. The van der Waals surface area contributed by atoms with E-state index in [1.165, 1.54) is 13.8 Å². The van der Waals surface area contributed by atoms with Gasteiger partial charge < -0.3 is 30.0 Å². The van der Waals surface area contributed by atoms with E-state index in [1.807, 2.05) is 13.8 Å². The number of hydrogen-bond donors (Lipinski definition) is 4. The van der Waals surface area contributed by atoms with Gasteiger partial charge in [0.1, 0.15) is 13.3 Å². The number of aliphatic hydroxyl groups is 1. The Bertz CT molecular complexity index is 1080. The molecule has 0 rings (SSSR count). The lowest BCUT2D eigenvalue weighted by Crippen LogP contribution is -2.51. The van der Waals surface area contributed by atoms with Gasteiger partial charge in [-0.15, -0.1) is 0 Å². The minimum Gasteiger partial charge on any atom is -0.465 e. The summed E-state index contributed by atoms with van der Waals surface area (Å²) in [6.45, 7) is 14.1. The molecule has 5 unspecified atom stereocenters. The molecule has 0 aliphatic heterocycles. The molecule has 0 saturated carbocycles. The summed E-state index contributed by atoms with van der Waals surface area (Å²) in [6, 6.07) is 0. The first-order valence-electron chi connectivity index (χ1n) is 17.5. The van der Waals surface area contributed by atoms with Gasteiger partial charge in [-0.1, -0.05) is 60.3 Å². The van der Waals surface area contributed by atoms with Crippen LogP contribution in [-0.4, -0.2) is 86.3 Å². The molecule has 0 aromatic carbocycles. The predicted molar refractivity (Wildman–Crippen MR) is 183 cm³/mol. The van der Waals surface area contributed by atoms with Crippen LogP contribution in [0.3, 0.4) is 0 Å². The highest BCUT2D eigenvalue weighted by Gasteiger charge is 2.44. The lowest BCUT2D eigenvalue weighted by atomic mass is 9.72. The summed E-state index contributed by atoms with van der Waals surface area (Å²) in [7, 11) is -4.40. The molecule has 0 aliphatic carbocycles. The van der Waals surface area contributed by atoms with E-state index in [2.05, 4.69) is 17.6 Å². The standard InChI is InChI=1S/C34H64N2O11S/c1-9-13-15-26(11-3)22-47-31(40)28(19-25(5)29(38)35-24-45-17-14-10-2)21-34(8,32(41)46-18-16-37)20-27(12-4)30(39)36-33(6,7)23-48(42,43)44/h25-28,37H,9-24H2,1-8H3,(H,35,38)(H,36,39)(H,42,43,44). The molecular weight excluding hydrogens is 644 g/mol. The molecule has 13 nitrogen and oxygen atoms in total. The Kier molecular flexibility index (Phi) is 22.1. The van der Waals surface area contributed by atoms with Crippen molar-refractivity contribution in [2.24, 2.45) is 29.1 Å². The molecule has 0 spiro atoms. The second-order valence-electron chi connectivity index (χ2n) is 13.9. The Morgan fingerprint density at radius 1 is 0.854 bits per heavy atom. The van der Waals surface area contributed by atoms with Crippen LogP contribution in [0.1, 0.15) is 120 Å². The summed E-state index contributed by atoms with van der Waals surface area (Å²) >= 11 is 0. The van der Waals surface area contributed by atoms with E-state index in [-0.39, 0.29) is 57.5 Å². The first kappa shape index (κ1) is 45.7. The lowest BCUT2D eigenvalue weighted by molar-refractivity contribution is -0.162. The monoisotopic (exact) mass is 708 g/mol. The molecule has 282 valence electrons. The van der Waals surface area contributed by atoms with Crippen molar-refractivity contribution in [3.05, 3.63) is 0 Å². The number of unbranched alkanes of at least 4 members (excludes halogenated alkanes) is 2. The first-order chi connectivity index (χ1) is 22.4. The predicted octanol–water partition coefficient (Wildman–Crippen LogP) is 4.41. The first-order valence-corrected chi connectivity index (χ1v) is 19.1. The number of amides is 2. The quantitative estimate of drug-likeness (QED) is 0.0409. The topological polar surface area (TPSA) is 195 Å². The van der Waals surface area contributed by atoms with Crippen molar-refractivity contribution < 1.29 is 51.5 Å². The number of hydrogen-bond acceptors (Lipinski definition) is 10. The van der Waals surface area contributed by atoms with Gasteiger partial charge in [0.15, 0.2) is 0 Å². The Labute approximate surface area is 288 Å². The molecule has 2 amide bonds. The van der Waals surface area contributed by atoms with Gasteiger partial charge in [0.2, 0.25) is 11.8 Å². The molecule has 0 aromatic rings. The molecule has 48 heavy (non-hydrogen) atoms. The average molecular weight is 709 g/mol. The van der Waals surface area contributed by atoms with Crippen molar-refractivity contribution in [1.82, 2.24) is 10.6 Å². The summed E-state index contributed by atoms with van der Waals surface area (Å²) in [5.74, 6) is -5.08. The fraction of sp³-hybridized carbons (Fsp3) is 0.882. The van der Waals surface area contributed by atoms with Gasteiger partial charge in [-0.25, -0.2) is 0 Å². The molecule has 0 saturated heterocycles. The summed E-state index contributed by atoms with van der Waals surface area (Å²) in [6.07, 6.45) is 5.66. The van der Waals surface area contributed by atoms with Gasteiger partial charge >= 0.3 is 11.9 Å². The van der Waals surface area contributed by atoms with E-state index >= 15 is 0 Å². The van der Waals surface area contributed by atoms with E-state index in [9.17, 15) is 37.3 Å². The van der Waals surface area contributed by atoms with Crippen LogP contribution in [0.4, 0.5) is 0 Å². The molecule has 0 aliphatic rings. The van der Waals surface area contributed by atoms with Crippen LogP contribution in [0.2, 0.25) is 0 Å². The maximum atomic E-state index is 13.7. The zero-order chi connectivity index (χ0) is 37.0. The maximum absolute atomic E-state index is 13.7. The molecule has 0 heterocycles. The number of carbonyl (C=O) groups is 4. The third kappa shape index (κ3) is 19.0. The Morgan fingerprint density at radius 3 is 2.02 bits per heavy atom. The Morgan fingerprint density at radius 2 is 1.48 bits per heavy atom. The third-order valence-corrected chi connectivity index (χ3v) is 9.58. The second-order valence-corrected chi connectivity index (χ2v) is 15.3. The van der Waals surface area contributed by atoms with Gasteiger partial charge in [0.05, 0.1) is 35.8 Å². The van der Waals surface area contributed by atoms with Crippen molar-refractivity contribution in [3.63, 3.8) is 0 Å². The fourth-order valence-corrected chi connectivity index (χ4v) is 6.61. The minimum absolute atomic E-state index is 0.0281. The number of esters is 2.